The molecule has 1 aromatic rings. The Morgan fingerprint density at radius 2 is 1.97 bits per heavy atom. The molecule has 2 rings (SSSR count). The quantitative estimate of drug-likeness (QED) is 0.433. The van der Waals surface area contributed by atoms with Gasteiger partial charge in [-0.25, -0.2) is 9.78 Å². The highest BCUT2D eigenvalue weighted by molar-refractivity contribution is 9.10. The molecule has 1 aromatic heterocycles. The smallest absolute Gasteiger partial charge is 0.328 e. The van der Waals surface area contributed by atoms with Crippen molar-refractivity contribution < 1.29 is 28.6 Å². The molecular formula is C21H29BrN2O6. The molecule has 0 radical (unpaired) electrons. The van der Waals surface area contributed by atoms with E-state index in [-0.39, 0.29) is 18.2 Å². The molecule has 9 heteroatoms. The second kappa shape index (κ2) is 10.2. The average Bonchev–Trinajstić information content (AvgIpc) is 3.12. The summed E-state index contributed by atoms with van der Waals surface area (Å²) in [4.78, 5) is 43.3. The molecule has 1 saturated heterocycles. The van der Waals surface area contributed by atoms with Gasteiger partial charge in [-0.2, -0.15) is 0 Å². The number of halogens is 1. The van der Waals surface area contributed by atoms with Crippen LogP contribution in [0, 0.1) is 17.3 Å². The third kappa shape index (κ3) is 6.17. The van der Waals surface area contributed by atoms with E-state index in [9.17, 15) is 14.4 Å². The molecule has 2 heterocycles. The Hall–Kier alpha value is -2.16. The van der Waals surface area contributed by atoms with Crippen LogP contribution in [0.15, 0.2) is 22.9 Å². The fourth-order valence-corrected chi connectivity index (χ4v) is 3.89. The molecule has 0 saturated carbocycles. The molecule has 0 aromatic carbocycles. The van der Waals surface area contributed by atoms with Crippen LogP contribution in [0.1, 0.15) is 33.6 Å². The minimum absolute atomic E-state index is 0.0462. The number of nitrogens with zero attached hydrogens (tertiary/aromatic N) is 2. The Labute approximate surface area is 185 Å². The van der Waals surface area contributed by atoms with Crippen LogP contribution in [-0.4, -0.2) is 61.1 Å². The Morgan fingerprint density at radius 1 is 1.27 bits per heavy atom. The van der Waals surface area contributed by atoms with Crippen LogP contribution in [0.2, 0.25) is 0 Å². The van der Waals surface area contributed by atoms with Crippen molar-refractivity contribution in [2.24, 2.45) is 17.3 Å². The van der Waals surface area contributed by atoms with Gasteiger partial charge in [-0.05, 0) is 33.8 Å². The highest BCUT2D eigenvalue weighted by Crippen LogP contribution is 2.35. The van der Waals surface area contributed by atoms with Crippen LogP contribution < -0.4 is 4.74 Å². The first-order valence-electron chi connectivity index (χ1n) is 9.76. The van der Waals surface area contributed by atoms with Gasteiger partial charge < -0.3 is 19.1 Å². The van der Waals surface area contributed by atoms with Crippen LogP contribution in [0.4, 0.5) is 0 Å². The topological polar surface area (TPSA) is 95.0 Å². The minimum atomic E-state index is -0.706. The van der Waals surface area contributed by atoms with Gasteiger partial charge in [0.1, 0.15) is 16.4 Å². The standard InChI is InChI=1S/C21H29BrN2O6/c1-21(2,3)15(10-18(25)28-4)19(26)24-11-13(8-16(24)20(27)29-5)12-30-14-6-7-23-17(22)9-14/h6-7,9,13,15-16H,8,10-12H2,1-5H3/t13-,15-,16+/m1/s1. The maximum absolute atomic E-state index is 13.4. The molecule has 0 spiro atoms. The summed E-state index contributed by atoms with van der Waals surface area (Å²) in [7, 11) is 2.60. The van der Waals surface area contributed by atoms with E-state index in [1.165, 1.54) is 19.1 Å². The summed E-state index contributed by atoms with van der Waals surface area (Å²) in [5.41, 5.74) is -0.482. The van der Waals surface area contributed by atoms with Crippen LogP contribution in [0.5, 0.6) is 5.75 Å². The third-order valence-electron chi connectivity index (χ3n) is 5.27. The van der Waals surface area contributed by atoms with Crippen LogP contribution in [0.25, 0.3) is 0 Å². The van der Waals surface area contributed by atoms with E-state index in [4.69, 9.17) is 14.2 Å². The predicted molar refractivity (Wildman–Crippen MR) is 113 cm³/mol. The first-order valence-corrected chi connectivity index (χ1v) is 10.6. The van der Waals surface area contributed by atoms with Gasteiger partial charge in [0.05, 0.1) is 33.2 Å². The van der Waals surface area contributed by atoms with E-state index in [2.05, 4.69) is 20.9 Å². The van der Waals surface area contributed by atoms with Gasteiger partial charge in [-0.15, -0.1) is 0 Å². The van der Waals surface area contributed by atoms with Crippen molar-refractivity contribution in [3.05, 3.63) is 22.9 Å². The summed E-state index contributed by atoms with van der Waals surface area (Å²) >= 11 is 3.30. The molecule has 1 fully saturated rings. The number of hydrogen-bond acceptors (Lipinski definition) is 7. The molecule has 3 atom stereocenters. The summed E-state index contributed by atoms with van der Waals surface area (Å²) in [6, 6.07) is 2.79. The van der Waals surface area contributed by atoms with Crippen molar-refractivity contribution in [1.82, 2.24) is 9.88 Å². The van der Waals surface area contributed by atoms with Gasteiger partial charge in [0.2, 0.25) is 5.91 Å². The van der Waals surface area contributed by atoms with Crippen molar-refractivity contribution in [2.45, 2.75) is 39.7 Å². The molecule has 0 N–H and O–H groups in total. The molecule has 1 amide bonds. The van der Waals surface area contributed by atoms with Crippen molar-refractivity contribution in [1.29, 1.82) is 0 Å². The number of hydrogen-bond donors (Lipinski definition) is 0. The van der Waals surface area contributed by atoms with Gasteiger partial charge in [0.15, 0.2) is 0 Å². The second-order valence-electron chi connectivity index (χ2n) is 8.46. The van der Waals surface area contributed by atoms with Gasteiger partial charge in [0, 0.05) is 24.7 Å². The normalized spacial score (nSPS) is 19.9. The fourth-order valence-electron chi connectivity index (χ4n) is 3.55. The maximum Gasteiger partial charge on any atom is 0.328 e. The van der Waals surface area contributed by atoms with Crippen LogP contribution >= 0.6 is 15.9 Å². The van der Waals surface area contributed by atoms with E-state index in [1.54, 1.807) is 18.3 Å². The first kappa shape index (κ1) is 24.1. The molecular weight excluding hydrogens is 456 g/mol. The highest BCUT2D eigenvalue weighted by atomic mass is 79.9. The Balaban J connectivity index is 2.17. The number of esters is 2. The summed E-state index contributed by atoms with van der Waals surface area (Å²) in [6.45, 7) is 6.36. The van der Waals surface area contributed by atoms with Crippen molar-refractivity contribution in [3.8, 4) is 5.75 Å². The molecule has 0 bridgehead atoms. The zero-order chi connectivity index (χ0) is 22.5. The lowest BCUT2D eigenvalue weighted by Gasteiger charge is -2.34. The van der Waals surface area contributed by atoms with Gasteiger partial charge in [-0.3, -0.25) is 9.59 Å². The fraction of sp³-hybridized carbons (Fsp3) is 0.619. The summed E-state index contributed by atoms with van der Waals surface area (Å²) in [5.74, 6) is -1.20. The molecule has 166 valence electrons. The zero-order valence-corrected chi connectivity index (χ0v) is 19.6. The number of pyridine rings is 1. The Bertz CT molecular complexity index is 779. The lowest BCUT2D eigenvalue weighted by molar-refractivity contribution is -0.156. The number of carbonyl (C=O) groups is 3. The van der Waals surface area contributed by atoms with Gasteiger partial charge in [0.25, 0.3) is 0 Å². The number of amides is 1. The van der Waals surface area contributed by atoms with E-state index >= 15 is 0 Å². The van der Waals surface area contributed by atoms with Crippen LogP contribution in [0.3, 0.4) is 0 Å². The molecule has 8 nitrogen and oxygen atoms in total. The van der Waals surface area contributed by atoms with Gasteiger partial charge in [-0.1, -0.05) is 20.8 Å². The third-order valence-corrected chi connectivity index (χ3v) is 5.70. The number of ether oxygens (including phenoxy) is 3. The highest BCUT2D eigenvalue weighted by Gasteiger charge is 2.45. The Kier molecular flexibility index (Phi) is 8.23. The first-order chi connectivity index (χ1) is 14.1. The van der Waals surface area contributed by atoms with E-state index in [0.29, 0.717) is 29.9 Å². The Morgan fingerprint density at radius 3 is 2.53 bits per heavy atom. The minimum Gasteiger partial charge on any atom is -0.493 e. The average molecular weight is 485 g/mol. The van der Waals surface area contributed by atoms with Crippen LogP contribution in [-0.2, 0) is 23.9 Å². The van der Waals surface area contributed by atoms with Gasteiger partial charge >= 0.3 is 11.9 Å². The number of likely N-dealkylation sites (tertiary alicyclic amines) is 1. The number of methoxy groups -OCH3 is 2. The second-order valence-corrected chi connectivity index (χ2v) is 9.27. The largest absolute Gasteiger partial charge is 0.493 e. The number of carbonyl (C=O) groups excluding carboxylic acids is 3. The SMILES string of the molecule is COC(=O)C[C@H](C(=O)N1C[C@H](COc2ccnc(Br)c2)C[C@H]1C(=O)OC)C(C)(C)C. The molecule has 0 aliphatic carbocycles. The molecule has 30 heavy (non-hydrogen) atoms. The maximum atomic E-state index is 13.4. The summed E-state index contributed by atoms with van der Waals surface area (Å²) < 4.78 is 16.2. The molecule has 1 aliphatic heterocycles. The number of rotatable bonds is 7. The lowest BCUT2D eigenvalue weighted by Crippen LogP contribution is -2.47. The summed E-state index contributed by atoms with van der Waals surface area (Å²) in [6.07, 6.45) is 2.01. The summed E-state index contributed by atoms with van der Waals surface area (Å²) in [5, 5.41) is 0. The van der Waals surface area contributed by atoms with E-state index in [0.717, 1.165) is 0 Å². The van der Waals surface area contributed by atoms with E-state index in [1.807, 2.05) is 20.8 Å². The molecule has 0 unspecified atom stereocenters. The predicted octanol–water partition coefficient (Wildman–Crippen LogP) is 2.84. The monoisotopic (exact) mass is 484 g/mol. The molecule has 1 aliphatic rings. The van der Waals surface area contributed by atoms with Crippen molar-refractivity contribution in [2.75, 3.05) is 27.4 Å². The van der Waals surface area contributed by atoms with Crippen molar-refractivity contribution in [3.63, 3.8) is 0 Å². The lowest BCUT2D eigenvalue weighted by atomic mass is 9.77. The van der Waals surface area contributed by atoms with E-state index < -0.39 is 29.3 Å². The zero-order valence-electron chi connectivity index (χ0n) is 18.0. The number of aromatic nitrogens is 1. The van der Waals surface area contributed by atoms with Crippen molar-refractivity contribution >= 4 is 33.8 Å².